The standard InChI is InChI=1S/C9H12ClN3S/c10-6-3-7-1-2-8(4-6)13(7)9-12-11-5-14-9/h5-8H,1-4H2. The quantitative estimate of drug-likeness (QED) is 0.692. The van der Waals surface area contributed by atoms with Crippen LogP contribution in [0.5, 0.6) is 0 Å². The number of nitrogens with zero attached hydrogens (tertiary/aromatic N) is 3. The lowest BCUT2D eigenvalue weighted by atomic mass is 10.0. The van der Waals surface area contributed by atoms with E-state index in [0.29, 0.717) is 17.5 Å². The van der Waals surface area contributed by atoms with E-state index in [1.165, 1.54) is 12.8 Å². The Bertz CT molecular complexity index is 302. The fraction of sp³-hybridized carbons (Fsp3) is 0.778. The van der Waals surface area contributed by atoms with Gasteiger partial charge in [0.25, 0.3) is 0 Å². The maximum absolute atomic E-state index is 6.21. The number of alkyl halides is 1. The van der Waals surface area contributed by atoms with Crippen molar-refractivity contribution in [2.24, 2.45) is 0 Å². The minimum absolute atomic E-state index is 0.372. The van der Waals surface area contributed by atoms with Gasteiger partial charge in [0.1, 0.15) is 5.51 Å². The molecule has 14 heavy (non-hydrogen) atoms. The summed E-state index contributed by atoms with van der Waals surface area (Å²) in [5, 5.41) is 9.52. The Morgan fingerprint density at radius 2 is 2.07 bits per heavy atom. The SMILES string of the molecule is ClC1CC2CCC(C1)N2c1nncs1. The monoisotopic (exact) mass is 229 g/mol. The first-order valence-electron chi connectivity index (χ1n) is 5.03. The molecule has 2 bridgehead atoms. The van der Waals surface area contributed by atoms with Crippen LogP contribution in [0, 0.1) is 0 Å². The molecule has 2 atom stereocenters. The van der Waals surface area contributed by atoms with E-state index in [1.54, 1.807) is 11.3 Å². The van der Waals surface area contributed by atoms with Gasteiger partial charge in [0, 0.05) is 17.5 Å². The maximum atomic E-state index is 6.21. The lowest BCUT2D eigenvalue weighted by molar-refractivity contribution is 0.472. The van der Waals surface area contributed by atoms with Crippen LogP contribution < -0.4 is 4.90 Å². The third-order valence-corrected chi connectivity index (χ3v) is 4.30. The number of hydrogen-bond donors (Lipinski definition) is 0. The summed E-state index contributed by atoms with van der Waals surface area (Å²) in [5.41, 5.74) is 1.81. The van der Waals surface area contributed by atoms with Crippen LogP contribution in [0.1, 0.15) is 25.7 Å². The second kappa shape index (κ2) is 3.35. The molecule has 0 amide bonds. The van der Waals surface area contributed by atoms with Gasteiger partial charge < -0.3 is 4.90 Å². The highest BCUT2D eigenvalue weighted by atomic mass is 35.5. The number of rotatable bonds is 1. The zero-order chi connectivity index (χ0) is 9.54. The number of anilines is 1. The van der Waals surface area contributed by atoms with E-state index in [9.17, 15) is 0 Å². The first-order valence-corrected chi connectivity index (χ1v) is 6.35. The maximum Gasteiger partial charge on any atom is 0.208 e. The first kappa shape index (κ1) is 8.92. The van der Waals surface area contributed by atoms with E-state index in [4.69, 9.17) is 11.6 Å². The molecule has 2 aliphatic rings. The van der Waals surface area contributed by atoms with Gasteiger partial charge in [-0.15, -0.1) is 21.8 Å². The van der Waals surface area contributed by atoms with E-state index in [-0.39, 0.29) is 0 Å². The minimum Gasteiger partial charge on any atom is -0.341 e. The molecule has 1 aromatic heterocycles. The Morgan fingerprint density at radius 1 is 1.36 bits per heavy atom. The summed E-state index contributed by atoms with van der Waals surface area (Å²) in [6.07, 6.45) is 4.76. The second-order valence-corrected chi connectivity index (χ2v) is 5.51. The minimum atomic E-state index is 0.372. The summed E-state index contributed by atoms with van der Waals surface area (Å²) in [4.78, 5) is 2.44. The Morgan fingerprint density at radius 3 is 2.64 bits per heavy atom. The molecule has 0 aliphatic carbocycles. The van der Waals surface area contributed by atoms with Crippen molar-refractivity contribution in [2.45, 2.75) is 43.1 Å². The van der Waals surface area contributed by atoms with Crippen LogP contribution in [-0.2, 0) is 0 Å². The molecule has 2 unspecified atom stereocenters. The second-order valence-electron chi connectivity index (χ2n) is 4.08. The average Bonchev–Trinajstić information content (AvgIpc) is 2.72. The van der Waals surface area contributed by atoms with Gasteiger partial charge in [0.15, 0.2) is 0 Å². The third-order valence-electron chi connectivity index (χ3n) is 3.24. The highest BCUT2D eigenvalue weighted by Crippen LogP contribution is 2.41. The van der Waals surface area contributed by atoms with E-state index in [2.05, 4.69) is 15.1 Å². The number of piperidine rings is 1. The van der Waals surface area contributed by atoms with Crippen molar-refractivity contribution in [2.75, 3.05) is 4.90 Å². The normalized spacial score (nSPS) is 36.4. The Hall–Kier alpha value is -0.350. The number of hydrogen-bond acceptors (Lipinski definition) is 4. The highest BCUT2D eigenvalue weighted by molar-refractivity contribution is 7.13. The smallest absolute Gasteiger partial charge is 0.208 e. The molecule has 2 aliphatic heterocycles. The van der Waals surface area contributed by atoms with E-state index < -0.39 is 0 Å². The zero-order valence-corrected chi connectivity index (χ0v) is 9.34. The summed E-state index contributed by atoms with van der Waals surface area (Å²) in [6, 6.07) is 1.23. The lowest BCUT2D eigenvalue weighted by Gasteiger charge is -2.36. The van der Waals surface area contributed by atoms with E-state index >= 15 is 0 Å². The van der Waals surface area contributed by atoms with Crippen molar-refractivity contribution in [1.82, 2.24) is 10.2 Å². The molecule has 0 radical (unpaired) electrons. The average molecular weight is 230 g/mol. The molecule has 3 nitrogen and oxygen atoms in total. The third kappa shape index (κ3) is 1.32. The number of halogens is 1. The fourth-order valence-corrected chi connectivity index (χ4v) is 3.82. The van der Waals surface area contributed by atoms with Crippen LogP contribution in [0.3, 0.4) is 0 Å². The predicted octanol–water partition coefficient (Wildman–Crippen LogP) is 2.28. The largest absolute Gasteiger partial charge is 0.341 e. The van der Waals surface area contributed by atoms with Gasteiger partial charge in [-0.1, -0.05) is 11.3 Å². The van der Waals surface area contributed by atoms with Crippen molar-refractivity contribution in [3.63, 3.8) is 0 Å². The van der Waals surface area contributed by atoms with Gasteiger partial charge in [-0.25, -0.2) is 0 Å². The van der Waals surface area contributed by atoms with Crippen LogP contribution in [0.25, 0.3) is 0 Å². The van der Waals surface area contributed by atoms with Crippen LogP contribution in [-0.4, -0.2) is 27.7 Å². The molecule has 0 aromatic carbocycles. The molecular weight excluding hydrogens is 218 g/mol. The molecule has 76 valence electrons. The van der Waals surface area contributed by atoms with E-state index in [0.717, 1.165) is 18.0 Å². The lowest BCUT2D eigenvalue weighted by Crippen LogP contribution is -2.43. The van der Waals surface area contributed by atoms with Crippen molar-refractivity contribution in [3.05, 3.63) is 5.51 Å². The number of aromatic nitrogens is 2. The molecule has 3 rings (SSSR count). The molecule has 0 N–H and O–H groups in total. The van der Waals surface area contributed by atoms with Crippen LogP contribution in [0.2, 0.25) is 0 Å². The van der Waals surface area contributed by atoms with Gasteiger partial charge in [-0.2, -0.15) is 0 Å². The number of fused-ring (bicyclic) bond motifs is 2. The molecule has 0 spiro atoms. The van der Waals surface area contributed by atoms with Crippen LogP contribution in [0.15, 0.2) is 5.51 Å². The van der Waals surface area contributed by atoms with Crippen molar-refractivity contribution < 1.29 is 0 Å². The predicted molar refractivity (Wildman–Crippen MR) is 58.1 cm³/mol. The summed E-state index contributed by atoms with van der Waals surface area (Å²) >= 11 is 7.85. The summed E-state index contributed by atoms with van der Waals surface area (Å²) < 4.78 is 0. The van der Waals surface area contributed by atoms with Crippen molar-refractivity contribution in [1.29, 1.82) is 0 Å². The van der Waals surface area contributed by atoms with Crippen molar-refractivity contribution in [3.8, 4) is 0 Å². The molecule has 2 saturated heterocycles. The Kier molecular flexibility index (Phi) is 2.13. The molecule has 5 heteroatoms. The molecule has 1 aromatic rings. The van der Waals surface area contributed by atoms with Gasteiger partial charge in [0.05, 0.1) is 0 Å². The van der Waals surface area contributed by atoms with Crippen LogP contribution >= 0.6 is 22.9 Å². The van der Waals surface area contributed by atoms with Gasteiger partial charge in [-0.05, 0) is 25.7 Å². The van der Waals surface area contributed by atoms with Crippen LogP contribution in [0.4, 0.5) is 5.13 Å². The Labute approximate surface area is 92.1 Å². The zero-order valence-electron chi connectivity index (χ0n) is 7.77. The summed E-state index contributed by atoms with van der Waals surface area (Å²) in [5.74, 6) is 0. The topological polar surface area (TPSA) is 29.0 Å². The molecule has 3 heterocycles. The molecular formula is C9H12ClN3S. The molecule has 2 fully saturated rings. The fourth-order valence-electron chi connectivity index (χ4n) is 2.70. The first-order chi connectivity index (χ1) is 6.84. The Balaban J connectivity index is 1.88. The highest BCUT2D eigenvalue weighted by Gasteiger charge is 2.41. The molecule has 0 saturated carbocycles. The van der Waals surface area contributed by atoms with Gasteiger partial charge >= 0.3 is 0 Å². The van der Waals surface area contributed by atoms with Crippen molar-refractivity contribution >= 4 is 28.1 Å². The van der Waals surface area contributed by atoms with Gasteiger partial charge in [-0.3, -0.25) is 0 Å². The summed E-state index contributed by atoms with van der Waals surface area (Å²) in [6.45, 7) is 0. The van der Waals surface area contributed by atoms with Gasteiger partial charge in [0.2, 0.25) is 5.13 Å². The summed E-state index contributed by atoms with van der Waals surface area (Å²) in [7, 11) is 0. The van der Waals surface area contributed by atoms with E-state index in [1.807, 2.05) is 5.51 Å².